The van der Waals surface area contributed by atoms with Gasteiger partial charge in [0.2, 0.25) is 11.8 Å². The molecule has 22 heavy (non-hydrogen) atoms. The molecule has 0 radical (unpaired) electrons. The van der Waals surface area contributed by atoms with Crippen LogP contribution >= 0.6 is 0 Å². The summed E-state index contributed by atoms with van der Waals surface area (Å²) >= 11 is 0. The number of hydrogen-bond donors (Lipinski definition) is 2. The van der Waals surface area contributed by atoms with Gasteiger partial charge >= 0.3 is 0 Å². The Balaban J connectivity index is 2.19. The molecule has 0 saturated heterocycles. The molecule has 112 valence electrons. The molecule has 3 rings (SSSR count). The third kappa shape index (κ3) is 2.23. The van der Waals surface area contributed by atoms with Crippen LogP contribution in [0.4, 0.5) is 0 Å². The number of rotatable bonds is 3. The van der Waals surface area contributed by atoms with Crippen molar-refractivity contribution in [3.8, 4) is 11.9 Å². The molecule has 1 unspecified atom stereocenters. The van der Waals surface area contributed by atoms with Crippen LogP contribution in [0.3, 0.4) is 0 Å². The number of nitrogens with two attached hydrogens (primary N) is 1. The Bertz CT molecular complexity index is 765. The van der Waals surface area contributed by atoms with Gasteiger partial charge < -0.3 is 10.5 Å². The zero-order valence-corrected chi connectivity index (χ0v) is 12.7. The second kappa shape index (κ2) is 5.57. The van der Waals surface area contributed by atoms with Crippen molar-refractivity contribution in [1.29, 1.82) is 5.26 Å². The number of hydrogen-bond acceptors (Lipinski definition) is 4. The topological polar surface area (TPSA) is 87.7 Å². The Morgan fingerprint density at radius 2 is 2.09 bits per heavy atom. The van der Waals surface area contributed by atoms with Crippen molar-refractivity contribution in [1.82, 2.24) is 10.2 Å². The Kier molecular flexibility index (Phi) is 3.60. The second-order valence-electron chi connectivity index (χ2n) is 5.51. The minimum atomic E-state index is -0.227. The van der Waals surface area contributed by atoms with Gasteiger partial charge in [-0.3, -0.25) is 5.10 Å². The van der Waals surface area contributed by atoms with Crippen LogP contribution in [-0.4, -0.2) is 10.2 Å². The predicted octanol–water partition coefficient (Wildman–Crippen LogP) is 2.89. The van der Waals surface area contributed by atoms with Crippen molar-refractivity contribution in [3.63, 3.8) is 0 Å². The fourth-order valence-electron chi connectivity index (χ4n) is 2.84. The van der Waals surface area contributed by atoms with Crippen molar-refractivity contribution < 1.29 is 4.74 Å². The van der Waals surface area contributed by atoms with Crippen LogP contribution in [0, 0.1) is 18.3 Å². The molecular formula is C17H18N4O. The zero-order valence-electron chi connectivity index (χ0n) is 12.7. The average molecular weight is 294 g/mol. The molecule has 0 saturated carbocycles. The highest BCUT2D eigenvalue weighted by Gasteiger charge is 2.34. The summed E-state index contributed by atoms with van der Waals surface area (Å²) < 4.78 is 5.53. The summed E-state index contributed by atoms with van der Waals surface area (Å²) in [5.74, 6) is 0.385. The van der Waals surface area contributed by atoms with Gasteiger partial charge in [0.15, 0.2) is 0 Å². The quantitative estimate of drug-likeness (QED) is 0.911. The molecule has 0 spiro atoms. The van der Waals surface area contributed by atoms with E-state index in [2.05, 4.69) is 23.2 Å². The van der Waals surface area contributed by atoms with E-state index in [0.29, 0.717) is 11.5 Å². The number of nitrogens with one attached hydrogen (secondary N) is 1. The Morgan fingerprint density at radius 3 is 2.73 bits per heavy atom. The minimum absolute atomic E-state index is 0.134. The van der Waals surface area contributed by atoms with Crippen LogP contribution in [0.1, 0.15) is 41.6 Å². The van der Waals surface area contributed by atoms with Crippen LogP contribution in [0.5, 0.6) is 5.88 Å². The number of fused-ring (bicyclic) bond motifs is 1. The van der Waals surface area contributed by atoms with Gasteiger partial charge in [0, 0.05) is 11.3 Å². The number of nitriles is 1. The van der Waals surface area contributed by atoms with Crippen molar-refractivity contribution in [2.45, 2.75) is 32.6 Å². The number of aryl methyl sites for hydroxylation is 2. The van der Waals surface area contributed by atoms with Gasteiger partial charge in [-0.15, -0.1) is 5.10 Å². The Labute approximate surface area is 129 Å². The number of H-pyrrole nitrogens is 1. The van der Waals surface area contributed by atoms with E-state index in [9.17, 15) is 5.26 Å². The lowest BCUT2D eigenvalue weighted by Gasteiger charge is -2.24. The molecule has 1 aliphatic heterocycles. The van der Waals surface area contributed by atoms with E-state index in [1.807, 2.05) is 31.2 Å². The molecule has 3 N–H and O–H groups in total. The molecule has 1 aliphatic rings. The van der Waals surface area contributed by atoms with Gasteiger partial charge in [-0.05, 0) is 18.9 Å². The SMILES string of the molecule is CCCc1[nH]nc2c1C(c1ccc(C)cc1)C(C#N)=C(N)O2. The highest BCUT2D eigenvalue weighted by Crippen LogP contribution is 2.42. The summed E-state index contributed by atoms with van der Waals surface area (Å²) in [7, 11) is 0. The zero-order chi connectivity index (χ0) is 15.7. The summed E-state index contributed by atoms with van der Waals surface area (Å²) in [5, 5.41) is 16.8. The lowest BCUT2D eigenvalue weighted by molar-refractivity contribution is 0.378. The summed E-state index contributed by atoms with van der Waals surface area (Å²) in [6.07, 6.45) is 1.84. The van der Waals surface area contributed by atoms with E-state index in [1.165, 1.54) is 5.56 Å². The van der Waals surface area contributed by atoms with E-state index in [1.54, 1.807) is 0 Å². The summed E-state index contributed by atoms with van der Waals surface area (Å²) in [4.78, 5) is 0. The van der Waals surface area contributed by atoms with Crippen molar-refractivity contribution >= 4 is 0 Å². The van der Waals surface area contributed by atoms with Gasteiger partial charge in [-0.2, -0.15) is 5.26 Å². The largest absolute Gasteiger partial charge is 0.420 e. The molecule has 2 aromatic rings. The first kappa shape index (κ1) is 14.2. The number of ether oxygens (including phenoxy) is 1. The van der Waals surface area contributed by atoms with Crippen molar-refractivity contribution in [2.75, 3.05) is 0 Å². The predicted molar refractivity (Wildman–Crippen MR) is 83.1 cm³/mol. The fraction of sp³-hybridized carbons (Fsp3) is 0.294. The van der Waals surface area contributed by atoms with Crippen LogP contribution in [0.15, 0.2) is 35.7 Å². The van der Waals surface area contributed by atoms with Crippen LogP contribution < -0.4 is 10.5 Å². The number of nitrogens with zero attached hydrogens (tertiary/aromatic N) is 2. The third-order valence-corrected chi connectivity index (χ3v) is 3.93. The molecule has 0 amide bonds. The lowest BCUT2D eigenvalue weighted by atomic mass is 9.83. The van der Waals surface area contributed by atoms with Gasteiger partial charge in [0.25, 0.3) is 0 Å². The van der Waals surface area contributed by atoms with Gasteiger partial charge in [-0.1, -0.05) is 43.2 Å². The molecule has 0 bridgehead atoms. The molecule has 0 fully saturated rings. The first-order chi connectivity index (χ1) is 10.7. The molecule has 1 atom stereocenters. The lowest BCUT2D eigenvalue weighted by Crippen LogP contribution is -2.21. The normalized spacial score (nSPS) is 16.9. The minimum Gasteiger partial charge on any atom is -0.420 e. The highest BCUT2D eigenvalue weighted by molar-refractivity contribution is 5.55. The summed E-state index contributed by atoms with van der Waals surface area (Å²) in [5.41, 5.74) is 10.5. The fourth-order valence-corrected chi connectivity index (χ4v) is 2.84. The maximum atomic E-state index is 9.53. The molecule has 5 heteroatoms. The Hall–Kier alpha value is -2.74. The first-order valence-electron chi connectivity index (χ1n) is 7.37. The number of allylic oxidation sites excluding steroid dienone is 1. The molecule has 1 aromatic carbocycles. The summed E-state index contributed by atoms with van der Waals surface area (Å²) in [6, 6.07) is 10.3. The number of benzene rings is 1. The van der Waals surface area contributed by atoms with E-state index in [4.69, 9.17) is 10.5 Å². The molecule has 0 aliphatic carbocycles. The van der Waals surface area contributed by atoms with E-state index in [0.717, 1.165) is 29.7 Å². The smallest absolute Gasteiger partial charge is 0.244 e. The van der Waals surface area contributed by atoms with Crippen LogP contribution in [-0.2, 0) is 6.42 Å². The Morgan fingerprint density at radius 1 is 1.36 bits per heavy atom. The first-order valence-corrected chi connectivity index (χ1v) is 7.37. The number of aromatic amines is 1. The van der Waals surface area contributed by atoms with Crippen LogP contribution in [0.25, 0.3) is 0 Å². The molecule has 2 heterocycles. The third-order valence-electron chi connectivity index (χ3n) is 3.93. The van der Waals surface area contributed by atoms with Gasteiger partial charge in [0.05, 0.1) is 5.92 Å². The monoisotopic (exact) mass is 294 g/mol. The number of aromatic nitrogens is 2. The molecule has 1 aromatic heterocycles. The second-order valence-corrected chi connectivity index (χ2v) is 5.51. The van der Waals surface area contributed by atoms with Gasteiger partial charge in [0.1, 0.15) is 11.6 Å². The average Bonchev–Trinajstić information content (AvgIpc) is 2.90. The maximum Gasteiger partial charge on any atom is 0.244 e. The van der Waals surface area contributed by atoms with E-state index in [-0.39, 0.29) is 11.8 Å². The molecular weight excluding hydrogens is 276 g/mol. The maximum absolute atomic E-state index is 9.53. The highest BCUT2D eigenvalue weighted by atomic mass is 16.5. The van der Waals surface area contributed by atoms with Crippen molar-refractivity contribution in [2.24, 2.45) is 5.73 Å². The summed E-state index contributed by atoms with van der Waals surface area (Å²) in [6.45, 7) is 4.14. The van der Waals surface area contributed by atoms with E-state index >= 15 is 0 Å². The standard InChI is InChI=1S/C17H18N4O/c1-3-4-13-15-14(11-7-5-10(2)6-8-11)12(9-18)16(19)22-17(15)21-20-13/h5-8,14H,3-4,19H2,1-2H3,(H,20,21). The van der Waals surface area contributed by atoms with Crippen LogP contribution in [0.2, 0.25) is 0 Å². The van der Waals surface area contributed by atoms with E-state index < -0.39 is 0 Å². The molecule has 5 nitrogen and oxygen atoms in total. The van der Waals surface area contributed by atoms with Gasteiger partial charge in [-0.25, -0.2) is 0 Å². The van der Waals surface area contributed by atoms with Crippen molar-refractivity contribution in [3.05, 3.63) is 58.1 Å².